The molecule has 172 valence electrons. The zero-order valence-corrected chi connectivity index (χ0v) is 18.2. The number of carboxylic acids is 1. The third-order valence-corrected chi connectivity index (χ3v) is 5.49. The quantitative estimate of drug-likeness (QED) is 0.610. The van der Waals surface area contributed by atoms with Crippen LogP contribution in [0.25, 0.3) is 0 Å². The maximum atomic E-state index is 11.4. The van der Waals surface area contributed by atoms with Gasteiger partial charge in [-0.05, 0) is 37.1 Å². The first-order chi connectivity index (χ1) is 15.3. The summed E-state index contributed by atoms with van der Waals surface area (Å²) in [7, 11) is 0. The van der Waals surface area contributed by atoms with Gasteiger partial charge in [0.25, 0.3) is 0 Å². The molecule has 2 aliphatic heterocycles. The molecule has 8 heteroatoms. The van der Waals surface area contributed by atoms with E-state index in [0.29, 0.717) is 13.2 Å². The monoisotopic (exact) mass is 443 g/mol. The van der Waals surface area contributed by atoms with Gasteiger partial charge in [0.15, 0.2) is 12.1 Å². The second kappa shape index (κ2) is 9.56. The minimum absolute atomic E-state index is 0.179. The second-order valence-electron chi connectivity index (χ2n) is 8.62. The molecule has 2 N–H and O–H groups in total. The minimum atomic E-state index is -0.950. The lowest BCUT2D eigenvalue weighted by atomic mass is 10.1. The van der Waals surface area contributed by atoms with Crippen LogP contribution in [0.1, 0.15) is 25.0 Å². The molecule has 0 radical (unpaired) electrons. The van der Waals surface area contributed by atoms with Gasteiger partial charge >= 0.3 is 5.97 Å². The molecule has 2 aromatic rings. The number of aliphatic hydroxyl groups is 1. The Labute approximate surface area is 187 Å². The van der Waals surface area contributed by atoms with E-state index >= 15 is 0 Å². The zero-order valence-electron chi connectivity index (χ0n) is 18.2. The van der Waals surface area contributed by atoms with Crippen molar-refractivity contribution < 1.29 is 34.0 Å². The van der Waals surface area contributed by atoms with Crippen LogP contribution in [0.15, 0.2) is 54.6 Å². The van der Waals surface area contributed by atoms with Gasteiger partial charge < -0.3 is 29.2 Å². The molecule has 4 rings (SSSR count). The zero-order chi connectivity index (χ0) is 22.7. The van der Waals surface area contributed by atoms with Gasteiger partial charge in [-0.2, -0.15) is 0 Å². The number of ether oxygens (including phenoxy) is 4. The van der Waals surface area contributed by atoms with E-state index in [1.807, 2.05) is 54.6 Å². The number of hydrogen-bond donors (Lipinski definition) is 2. The fourth-order valence-corrected chi connectivity index (χ4v) is 4.03. The minimum Gasteiger partial charge on any atom is -0.489 e. The van der Waals surface area contributed by atoms with E-state index in [0.717, 1.165) is 16.9 Å². The molecule has 2 heterocycles. The summed E-state index contributed by atoms with van der Waals surface area (Å²) in [5, 5.41) is 19.9. The lowest BCUT2D eigenvalue weighted by molar-refractivity contribution is -0.216. The van der Waals surface area contributed by atoms with Crippen LogP contribution < -0.4 is 4.74 Å². The molecule has 0 spiro atoms. The van der Waals surface area contributed by atoms with Crippen LogP contribution in [0.3, 0.4) is 0 Å². The molecule has 2 aromatic carbocycles. The molecule has 4 atom stereocenters. The number of aliphatic carboxylic acids is 1. The van der Waals surface area contributed by atoms with Gasteiger partial charge in [0.1, 0.15) is 30.7 Å². The Balaban J connectivity index is 1.34. The average Bonchev–Trinajstić information content (AvgIpc) is 3.20. The van der Waals surface area contributed by atoms with Gasteiger partial charge in [-0.3, -0.25) is 9.69 Å². The van der Waals surface area contributed by atoms with Gasteiger partial charge in [0.05, 0.1) is 6.54 Å². The molecule has 2 aliphatic rings. The predicted octanol–water partition coefficient (Wildman–Crippen LogP) is 2.39. The van der Waals surface area contributed by atoms with Crippen molar-refractivity contribution in [3.05, 3.63) is 65.7 Å². The smallest absolute Gasteiger partial charge is 0.317 e. The molecule has 0 unspecified atom stereocenters. The maximum Gasteiger partial charge on any atom is 0.317 e. The Bertz CT molecular complexity index is 902. The molecular weight excluding hydrogens is 414 g/mol. The van der Waals surface area contributed by atoms with Crippen molar-refractivity contribution >= 4 is 5.97 Å². The highest BCUT2D eigenvalue weighted by molar-refractivity contribution is 5.69. The summed E-state index contributed by atoms with van der Waals surface area (Å²) in [5.41, 5.74) is 2.01. The van der Waals surface area contributed by atoms with Crippen molar-refractivity contribution in [3.8, 4) is 5.75 Å². The van der Waals surface area contributed by atoms with Crippen LogP contribution in [-0.2, 0) is 32.2 Å². The largest absolute Gasteiger partial charge is 0.489 e. The van der Waals surface area contributed by atoms with Crippen LogP contribution in [0.2, 0.25) is 0 Å². The third kappa shape index (κ3) is 5.65. The normalized spacial score (nSPS) is 26.2. The van der Waals surface area contributed by atoms with E-state index in [4.69, 9.17) is 18.9 Å². The van der Waals surface area contributed by atoms with Crippen molar-refractivity contribution in [2.24, 2.45) is 0 Å². The van der Waals surface area contributed by atoms with Crippen molar-refractivity contribution in [1.82, 2.24) is 4.90 Å². The van der Waals surface area contributed by atoms with E-state index in [-0.39, 0.29) is 13.1 Å². The summed E-state index contributed by atoms with van der Waals surface area (Å²) in [6.07, 6.45) is -2.73. The van der Waals surface area contributed by atoms with Crippen molar-refractivity contribution in [3.63, 3.8) is 0 Å². The highest BCUT2D eigenvalue weighted by Crippen LogP contribution is 2.37. The Hall–Kier alpha value is -2.49. The number of fused-ring (bicyclic) bond motifs is 1. The average molecular weight is 443 g/mol. The first-order valence-electron chi connectivity index (χ1n) is 10.7. The van der Waals surface area contributed by atoms with Crippen molar-refractivity contribution in [2.75, 3.05) is 13.1 Å². The highest BCUT2D eigenvalue weighted by atomic mass is 16.8. The highest BCUT2D eigenvalue weighted by Gasteiger charge is 2.54. The van der Waals surface area contributed by atoms with Gasteiger partial charge in [0, 0.05) is 13.1 Å². The lowest BCUT2D eigenvalue weighted by Gasteiger charge is -2.27. The Morgan fingerprint density at radius 1 is 1.06 bits per heavy atom. The summed E-state index contributed by atoms with van der Waals surface area (Å²) in [6.45, 7) is 4.45. The van der Waals surface area contributed by atoms with E-state index in [1.165, 1.54) is 0 Å². The fraction of sp³-hybridized carbons (Fsp3) is 0.458. The third-order valence-electron chi connectivity index (χ3n) is 5.49. The van der Waals surface area contributed by atoms with Gasteiger partial charge in [-0.25, -0.2) is 0 Å². The SMILES string of the molecule is CC1(C)O[C@@H]2O[C@@H](CN(CC(=O)O)Cc3ccc(OCc4ccccc4)cc3)[C@@H](O)[C@@H]2O1. The van der Waals surface area contributed by atoms with Crippen molar-refractivity contribution in [1.29, 1.82) is 0 Å². The number of carboxylic acid groups (broad SMARTS) is 1. The first kappa shape index (κ1) is 22.7. The first-order valence-corrected chi connectivity index (χ1v) is 10.7. The Morgan fingerprint density at radius 2 is 1.78 bits per heavy atom. The number of nitrogens with zero attached hydrogens (tertiary/aromatic N) is 1. The summed E-state index contributed by atoms with van der Waals surface area (Å²) in [5.74, 6) is -1.03. The summed E-state index contributed by atoms with van der Waals surface area (Å²) in [4.78, 5) is 13.1. The lowest BCUT2D eigenvalue weighted by Crippen LogP contribution is -2.43. The number of hydrogen-bond acceptors (Lipinski definition) is 7. The van der Waals surface area contributed by atoms with E-state index in [1.54, 1.807) is 18.7 Å². The number of rotatable bonds is 9. The number of carbonyl (C=O) groups is 1. The van der Waals surface area contributed by atoms with E-state index in [9.17, 15) is 15.0 Å². The van der Waals surface area contributed by atoms with Crippen LogP contribution in [-0.4, -0.2) is 64.6 Å². The Kier molecular flexibility index (Phi) is 6.78. The summed E-state index contributed by atoms with van der Waals surface area (Å²) < 4.78 is 23.0. The molecule has 0 amide bonds. The maximum absolute atomic E-state index is 11.4. The van der Waals surface area contributed by atoms with Crippen LogP contribution in [0, 0.1) is 0 Å². The number of benzene rings is 2. The Morgan fingerprint density at radius 3 is 2.44 bits per heavy atom. The van der Waals surface area contributed by atoms with Crippen molar-refractivity contribution in [2.45, 2.75) is 57.4 Å². The van der Waals surface area contributed by atoms with Gasteiger partial charge in [-0.15, -0.1) is 0 Å². The van der Waals surface area contributed by atoms with E-state index in [2.05, 4.69) is 0 Å². The molecule has 0 aliphatic carbocycles. The van der Waals surface area contributed by atoms with Crippen LogP contribution >= 0.6 is 0 Å². The van der Waals surface area contributed by atoms with E-state index < -0.39 is 36.4 Å². The standard InChI is InChI=1S/C24H29NO7/c1-24(2)31-22-21(28)19(30-23(22)32-24)13-25(14-20(26)27)12-16-8-10-18(11-9-16)29-15-17-6-4-3-5-7-17/h3-11,19,21-23,28H,12-15H2,1-2H3,(H,26,27)/t19-,21+,22-,23-/m0/s1. The summed E-state index contributed by atoms with van der Waals surface area (Å²) in [6, 6.07) is 17.5. The molecule has 0 aromatic heterocycles. The second-order valence-corrected chi connectivity index (χ2v) is 8.62. The molecule has 32 heavy (non-hydrogen) atoms. The molecule has 0 bridgehead atoms. The molecule has 2 saturated heterocycles. The topological polar surface area (TPSA) is 97.7 Å². The van der Waals surface area contributed by atoms with Crippen LogP contribution in [0.5, 0.6) is 5.75 Å². The van der Waals surface area contributed by atoms with Crippen LogP contribution in [0.4, 0.5) is 0 Å². The predicted molar refractivity (Wildman–Crippen MR) is 115 cm³/mol. The van der Waals surface area contributed by atoms with Gasteiger partial charge in [0.2, 0.25) is 0 Å². The molecule has 2 fully saturated rings. The molecule has 8 nitrogen and oxygen atoms in total. The molecular formula is C24H29NO7. The fourth-order valence-electron chi connectivity index (χ4n) is 4.03. The van der Waals surface area contributed by atoms with Gasteiger partial charge in [-0.1, -0.05) is 42.5 Å². The molecule has 0 saturated carbocycles. The summed E-state index contributed by atoms with van der Waals surface area (Å²) >= 11 is 0. The number of aliphatic hydroxyl groups excluding tert-OH is 1.